The number of para-hydroxylation sites is 1. The van der Waals surface area contributed by atoms with Crippen LogP contribution in [0.4, 0.5) is 5.69 Å². The van der Waals surface area contributed by atoms with E-state index in [1.165, 1.54) is 26.2 Å². The number of carbonyl (C=O) groups is 1. The lowest BCUT2D eigenvalue weighted by molar-refractivity contribution is 0.102. The number of benzene rings is 2. The van der Waals surface area contributed by atoms with Crippen LogP contribution in [0.3, 0.4) is 0 Å². The molecule has 3 rings (SSSR count). The molecule has 0 spiro atoms. The van der Waals surface area contributed by atoms with E-state index >= 15 is 0 Å². The molecule has 2 aromatic carbocycles. The van der Waals surface area contributed by atoms with Crippen LogP contribution in [0.15, 0.2) is 59.5 Å². The van der Waals surface area contributed by atoms with Gasteiger partial charge in [-0.25, -0.2) is 17.7 Å². The Kier molecular flexibility index (Phi) is 5.62. The quantitative estimate of drug-likeness (QED) is 0.688. The predicted octanol–water partition coefficient (Wildman–Crippen LogP) is 3.14. The molecule has 28 heavy (non-hydrogen) atoms. The number of sulfonamides is 1. The molecule has 0 atom stereocenters. The average molecular weight is 399 g/mol. The van der Waals surface area contributed by atoms with Crippen molar-refractivity contribution in [2.75, 3.05) is 26.0 Å². The van der Waals surface area contributed by atoms with Gasteiger partial charge in [0.2, 0.25) is 10.0 Å². The number of pyridine rings is 1. The minimum Gasteiger partial charge on any atom is -0.492 e. The number of amides is 1. The van der Waals surface area contributed by atoms with Crippen molar-refractivity contribution in [3.05, 3.63) is 60.3 Å². The number of rotatable bonds is 6. The molecule has 0 aliphatic carbocycles. The molecule has 0 aliphatic heterocycles. The second-order valence-corrected chi connectivity index (χ2v) is 8.35. The first-order valence-corrected chi connectivity index (χ1v) is 10.1. The van der Waals surface area contributed by atoms with Gasteiger partial charge in [-0.15, -0.1) is 0 Å². The van der Waals surface area contributed by atoms with Gasteiger partial charge in [-0.1, -0.05) is 24.3 Å². The second kappa shape index (κ2) is 7.95. The number of hydrogen-bond donors (Lipinski definition) is 1. The molecule has 3 aromatic rings. The van der Waals surface area contributed by atoms with E-state index < -0.39 is 15.9 Å². The third-order valence-electron chi connectivity index (χ3n) is 4.09. The van der Waals surface area contributed by atoms with Gasteiger partial charge in [0.05, 0.1) is 12.1 Å². The lowest BCUT2D eigenvalue weighted by atomic mass is 10.2. The molecule has 146 valence electrons. The Hall–Kier alpha value is -2.97. The Bertz CT molecular complexity index is 1130. The Morgan fingerprint density at radius 2 is 1.86 bits per heavy atom. The summed E-state index contributed by atoms with van der Waals surface area (Å²) in [5, 5.41) is 3.63. The van der Waals surface area contributed by atoms with Gasteiger partial charge in [0.25, 0.3) is 5.91 Å². The highest BCUT2D eigenvalue weighted by atomic mass is 32.2. The van der Waals surface area contributed by atoms with Crippen molar-refractivity contribution >= 4 is 32.5 Å². The lowest BCUT2D eigenvalue weighted by Crippen LogP contribution is -2.23. The van der Waals surface area contributed by atoms with Crippen molar-refractivity contribution in [1.82, 2.24) is 9.29 Å². The highest BCUT2D eigenvalue weighted by Crippen LogP contribution is 2.29. The maximum Gasteiger partial charge on any atom is 0.274 e. The summed E-state index contributed by atoms with van der Waals surface area (Å²) < 4.78 is 31.7. The summed E-state index contributed by atoms with van der Waals surface area (Å²) in [5.74, 6) is -0.193. The first-order chi connectivity index (χ1) is 13.3. The normalized spacial score (nSPS) is 11.6. The molecule has 0 saturated carbocycles. The number of nitrogens with one attached hydrogen (secondary N) is 1. The first-order valence-electron chi connectivity index (χ1n) is 8.69. The zero-order valence-corrected chi connectivity index (χ0v) is 16.7. The molecule has 0 radical (unpaired) electrons. The highest BCUT2D eigenvalue weighted by Gasteiger charge is 2.23. The molecule has 1 heterocycles. The number of carbonyl (C=O) groups excluding carboxylic acids is 1. The maximum atomic E-state index is 12.6. The van der Waals surface area contributed by atoms with Crippen LogP contribution in [0.1, 0.15) is 17.4 Å². The van der Waals surface area contributed by atoms with Crippen LogP contribution >= 0.6 is 0 Å². The van der Waals surface area contributed by atoms with Crippen LogP contribution in [0, 0.1) is 0 Å². The van der Waals surface area contributed by atoms with E-state index in [1.807, 2.05) is 30.3 Å². The summed E-state index contributed by atoms with van der Waals surface area (Å²) >= 11 is 0. The number of fused-ring (bicyclic) bond motifs is 1. The molecule has 0 fully saturated rings. The largest absolute Gasteiger partial charge is 0.492 e. The third kappa shape index (κ3) is 3.97. The topological polar surface area (TPSA) is 88.6 Å². The Balaban J connectivity index is 1.93. The zero-order valence-electron chi connectivity index (χ0n) is 15.8. The minimum atomic E-state index is -3.74. The summed E-state index contributed by atoms with van der Waals surface area (Å²) in [6.45, 7) is 2.09. The molecule has 1 amide bonds. The van der Waals surface area contributed by atoms with Gasteiger partial charge in [0.1, 0.15) is 16.3 Å². The Morgan fingerprint density at radius 1 is 1.11 bits per heavy atom. The summed E-state index contributed by atoms with van der Waals surface area (Å²) in [4.78, 5) is 16.9. The van der Waals surface area contributed by atoms with Gasteiger partial charge in [0, 0.05) is 25.2 Å². The number of nitrogens with zero attached hydrogens (tertiary/aromatic N) is 2. The van der Waals surface area contributed by atoms with Crippen LogP contribution in [-0.2, 0) is 10.0 Å². The fraction of sp³-hybridized carbons (Fsp3) is 0.200. The summed E-state index contributed by atoms with van der Waals surface area (Å²) in [7, 11) is -0.860. The minimum absolute atomic E-state index is 0.0105. The second-order valence-electron chi connectivity index (χ2n) is 6.23. The Labute approximate surface area is 164 Å². The molecule has 0 bridgehead atoms. The lowest BCUT2D eigenvalue weighted by Gasteiger charge is -2.16. The van der Waals surface area contributed by atoms with Crippen molar-refractivity contribution in [1.29, 1.82) is 0 Å². The molecule has 0 saturated heterocycles. The fourth-order valence-electron chi connectivity index (χ4n) is 2.65. The third-order valence-corrected chi connectivity index (χ3v) is 5.93. The van der Waals surface area contributed by atoms with Crippen molar-refractivity contribution < 1.29 is 17.9 Å². The van der Waals surface area contributed by atoms with Gasteiger partial charge in [-0.3, -0.25) is 4.79 Å². The SMILES string of the molecule is CCOc1ccc(NC(=O)c2ccc3ccccc3n2)cc1S(=O)(=O)N(C)C. The van der Waals surface area contributed by atoms with Crippen LogP contribution in [-0.4, -0.2) is 44.3 Å². The average Bonchev–Trinajstić information content (AvgIpc) is 2.68. The van der Waals surface area contributed by atoms with E-state index in [-0.39, 0.29) is 16.3 Å². The predicted molar refractivity (Wildman–Crippen MR) is 108 cm³/mol. The first kappa shape index (κ1) is 19.8. The number of anilines is 1. The van der Waals surface area contributed by atoms with Crippen LogP contribution < -0.4 is 10.1 Å². The molecular formula is C20H21N3O4S. The number of aromatic nitrogens is 1. The zero-order chi connectivity index (χ0) is 20.3. The van der Waals surface area contributed by atoms with Crippen molar-refractivity contribution in [3.8, 4) is 5.75 Å². The van der Waals surface area contributed by atoms with Gasteiger partial charge in [-0.2, -0.15) is 0 Å². The summed E-state index contributed by atoms with van der Waals surface area (Å²) in [5.41, 5.74) is 1.28. The van der Waals surface area contributed by atoms with E-state index in [1.54, 1.807) is 19.1 Å². The molecule has 8 heteroatoms. The molecule has 1 N–H and O–H groups in total. The Morgan fingerprint density at radius 3 is 2.57 bits per heavy atom. The molecular weight excluding hydrogens is 378 g/mol. The van der Waals surface area contributed by atoms with Crippen LogP contribution in [0.2, 0.25) is 0 Å². The molecule has 0 aliphatic rings. The van der Waals surface area contributed by atoms with Crippen molar-refractivity contribution in [2.24, 2.45) is 0 Å². The maximum absolute atomic E-state index is 12.6. The van der Waals surface area contributed by atoms with E-state index in [2.05, 4.69) is 10.3 Å². The number of hydrogen-bond acceptors (Lipinski definition) is 5. The fourth-order valence-corrected chi connectivity index (χ4v) is 3.70. The monoisotopic (exact) mass is 399 g/mol. The van der Waals surface area contributed by atoms with Gasteiger partial charge < -0.3 is 10.1 Å². The van der Waals surface area contributed by atoms with E-state index in [9.17, 15) is 13.2 Å². The molecule has 7 nitrogen and oxygen atoms in total. The smallest absolute Gasteiger partial charge is 0.274 e. The van der Waals surface area contributed by atoms with E-state index in [0.717, 1.165) is 9.69 Å². The van der Waals surface area contributed by atoms with Crippen molar-refractivity contribution in [2.45, 2.75) is 11.8 Å². The van der Waals surface area contributed by atoms with Crippen molar-refractivity contribution in [3.63, 3.8) is 0 Å². The number of ether oxygens (including phenoxy) is 1. The summed E-state index contributed by atoms with van der Waals surface area (Å²) in [6, 6.07) is 15.4. The van der Waals surface area contributed by atoms with Gasteiger partial charge >= 0.3 is 0 Å². The molecule has 0 unspecified atom stereocenters. The van der Waals surface area contributed by atoms with E-state index in [4.69, 9.17) is 4.74 Å². The molecule has 1 aromatic heterocycles. The van der Waals surface area contributed by atoms with Gasteiger partial charge in [0.15, 0.2) is 0 Å². The van der Waals surface area contributed by atoms with Gasteiger partial charge in [-0.05, 0) is 37.3 Å². The summed E-state index contributed by atoms with van der Waals surface area (Å²) in [6.07, 6.45) is 0. The van der Waals surface area contributed by atoms with Crippen LogP contribution in [0.25, 0.3) is 10.9 Å². The van der Waals surface area contributed by atoms with Crippen LogP contribution in [0.5, 0.6) is 5.75 Å². The highest BCUT2D eigenvalue weighted by molar-refractivity contribution is 7.89. The van der Waals surface area contributed by atoms with E-state index in [0.29, 0.717) is 17.8 Å². The standard InChI is InChI=1S/C20H21N3O4S/c1-4-27-18-12-10-15(13-19(18)28(25,26)23(2)3)21-20(24)17-11-9-14-7-5-6-8-16(14)22-17/h5-13H,4H2,1-3H3,(H,21,24).